The van der Waals surface area contributed by atoms with Crippen LogP contribution in [0.25, 0.3) is 0 Å². The first kappa shape index (κ1) is 19.1. The summed E-state index contributed by atoms with van der Waals surface area (Å²) in [5.41, 5.74) is 0. The summed E-state index contributed by atoms with van der Waals surface area (Å²) in [6.45, 7) is 8.72. The molecule has 1 fully saturated rings. The molecule has 7 nitrogen and oxygen atoms in total. The standard InChI is InChI=1S/C19H35N7/c1-16-8-13-25(14-9-16)11-6-10-21-19(20-2)22-15-18-24-23-17-7-4-3-5-12-26(17)18/h16H,3-15H2,1-2H3,(H2,20,21,22). The lowest BCUT2D eigenvalue weighted by Crippen LogP contribution is -2.39. The Hall–Kier alpha value is -1.63. The maximum atomic E-state index is 4.37. The molecule has 0 aliphatic carbocycles. The van der Waals surface area contributed by atoms with Gasteiger partial charge >= 0.3 is 0 Å². The predicted octanol–water partition coefficient (Wildman–Crippen LogP) is 1.79. The number of guanidine groups is 1. The Labute approximate surface area is 157 Å². The summed E-state index contributed by atoms with van der Waals surface area (Å²) in [6, 6.07) is 0. The number of likely N-dealkylation sites (tertiary alicyclic amines) is 1. The number of aliphatic imine (C=N–C) groups is 1. The van der Waals surface area contributed by atoms with E-state index < -0.39 is 0 Å². The number of aromatic nitrogens is 3. The van der Waals surface area contributed by atoms with Crippen molar-refractivity contribution in [1.29, 1.82) is 0 Å². The zero-order chi connectivity index (χ0) is 18.2. The lowest BCUT2D eigenvalue weighted by atomic mass is 9.99. The van der Waals surface area contributed by atoms with Gasteiger partial charge in [0.15, 0.2) is 11.8 Å². The van der Waals surface area contributed by atoms with Gasteiger partial charge in [-0.2, -0.15) is 0 Å². The van der Waals surface area contributed by atoms with Gasteiger partial charge in [0.05, 0.1) is 6.54 Å². The first-order valence-corrected chi connectivity index (χ1v) is 10.3. The lowest BCUT2D eigenvalue weighted by Gasteiger charge is -2.30. The minimum atomic E-state index is 0.677. The van der Waals surface area contributed by atoms with Crippen LogP contribution in [0.15, 0.2) is 4.99 Å². The van der Waals surface area contributed by atoms with Gasteiger partial charge in [-0.25, -0.2) is 0 Å². The van der Waals surface area contributed by atoms with E-state index >= 15 is 0 Å². The second kappa shape index (κ2) is 9.90. The van der Waals surface area contributed by atoms with Gasteiger partial charge in [-0.1, -0.05) is 13.3 Å². The minimum Gasteiger partial charge on any atom is -0.356 e. The van der Waals surface area contributed by atoms with E-state index in [2.05, 4.69) is 42.2 Å². The van der Waals surface area contributed by atoms with Crippen LogP contribution in [0.4, 0.5) is 0 Å². The highest BCUT2D eigenvalue weighted by molar-refractivity contribution is 5.79. The third kappa shape index (κ3) is 5.43. The van der Waals surface area contributed by atoms with Crippen molar-refractivity contribution in [2.24, 2.45) is 10.9 Å². The van der Waals surface area contributed by atoms with Crippen molar-refractivity contribution in [3.8, 4) is 0 Å². The summed E-state index contributed by atoms with van der Waals surface area (Å²) >= 11 is 0. The van der Waals surface area contributed by atoms with E-state index in [1.165, 1.54) is 51.7 Å². The van der Waals surface area contributed by atoms with Gasteiger partial charge in [0.2, 0.25) is 0 Å². The maximum Gasteiger partial charge on any atom is 0.191 e. The van der Waals surface area contributed by atoms with Crippen LogP contribution in [0.3, 0.4) is 0 Å². The third-order valence-corrected chi connectivity index (χ3v) is 5.64. The van der Waals surface area contributed by atoms with Crippen LogP contribution in [-0.4, -0.2) is 58.9 Å². The number of hydrogen-bond acceptors (Lipinski definition) is 4. The van der Waals surface area contributed by atoms with Crippen LogP contribution in [0, 0.1) is 5.92 Å². The molecule has 1 saturated heterocycles. The van der Waals surface area contributed by atoms with Gasteiger partial charge in [0, 0.05) is 26.6 Å². The van der Waals surface area contributed by atoms with Gasteiger partial charge in [-0.15, -0.1) is 10.2 Å². The van der Waals surface area contributed by atoms with Gasteiger partial charge in [0.25, 0.3) is 0 Å². The fourth-order valence-electron chi connectivity index (χ4n) is 3.85. The van der Waals surface area contributed by atoms with E-state index in [1.54, 1.807) is 0 Å². The predicted molar refractivity (Wildman–Crippen MR) is 105 cm³/mol. The first-order valence-electron chi connectivity index (χ1n) is 10.3. The molecule has 1 aromatic rings. The molecule has 26 heavy (non-hydrogen) atoms. The first-order chi connectivity index (χ1) is 12.8. The molecule has 0 spiro atoms. The largest absolute Gasteiger partial charge is 0.356 e. The van der Waals surface area contributed by atoms with E-state index in [1.807, 2.05) is 7.05 Å². The Kier molecular flexibility index (Phi) is 7.29. The monoisotopic (exact) mass is 361 g/mol. The molecule has 1 aromatic heterocycles. The van der Waals surface area contributed by atoms with Crippen LogP contribution in [0.2, 0.25) is 0 Å². The van der Waals surface area contributed by atoms with Gasteiger partial charge in [0.1, 0.15) is 5.82 Å². The molecule has 2 N–H and O–H groups in total. The minimum absolute atomic E-state index is 0.677. The third-order valence-electron chi connectivity index (χ3n) is 5.64. The van der Waals surface area contributed by atoms with Crippen molar-refractivity contribution >= 4 is 5.96 Å². The molecular weight excluding hydrogens is 326 g/mol. The normalized spacial score (nSPS) is 19.8. The molecule has 0 bridgehead atoms. The molecular formula is C19H35N7. The van der Waals surface area contributed by atoms with Crippen LogP contribution >= 0.6 is 0 Å². The topological polar surface area (TPSA) is 70.4 Å². The fourth-order valence-corrected chi connectivity index (χ4v) is 3.85. The highest BCUT2D eigenvalue weighted by Gasteiger charge is 2.16. The van der Waals surface area contributed by atoms with Crippen molar-refractivity contribution < 1.29 is 0 Å². The number of fused-ring (bicyclic) bond motifs is 1. The number of rotatable bonds is 6. The maximum absolute atomic E-state index is 4.37. The Morgan fingerprint density at radius 3 is 2.77 bits per heavy atom. The second-order valence-corrected chi connectivity index (χ2v) is 7.73. The number of aryl methyl sites for hydroxylation is 1. The molecule has 0 radical (unpaired) electrons. The highest BCUT2D eigenvalue weighted by atomic mass is 15.3. The summed E-state index contributed by atoms with van der Waals surface area (Å²) in [6.07, 6.45) is 8.63. The average molecular weight is 362 g/mol. The number of nitrogens with one attached hydrogen (secondary N) is 2. The average Bonchev–Trinajstić information content (AvgIpc) is 2.89. The number of nitrogens with zero attached hydrogens (tertiary/aromatic N) is 5. The Morgan fingerprint density at radius 1 is 1.12 bits per heavy atom. The molecule has 146 valence electrons. The highest BCUT2D eigenvalue weighted by Crippen LogP contribution is 2.16. The molecule has 0 saturated carbocycles. The fraction of sp³-hybridized carbons (Fsp3) is 0.842. The molecule has 3 rings (SSSR count). The molecule has 3 heterocycles. The van der Waals surface area contributed by atoms with Crippen LogP contribution in [0.5, 0.6) is 0 Å². The second-order valence-electron chi connectivity index (χ2n) is 7.73. The van der Waals surface area contributed by atoms with E-state index in [9.17, 15) is 0 Å². The summed E-state index contributed by atoms with van der Waals surface area (Å²) in [5, 5.41) is 15.5. The van der Waals surface area contributed by atoms with Gasteiger partial charge < -0.3 is 20.1 Å². The summed E-state index contributed by atoms with van der Waals surface area (Å²) in [4.78, 5) is 6.92. The van der Waals surface area contributed by atoms with Crippen LogP contribution < -0.4 is 10.6 Å². The van der Waals surface area contributed by atoms with Gasteiger partial charge in [-0.05, 0) is 57.7 Å². The molecule has 0 aromatic carbocycles. The Morgan fingerprint density at radius 2 is 1.96 bits per heavy atom. The van der Waals surface area contributed by atoms with E-state index in [4.69, 9.17) is 0 Å². The lowest BCUT2D eigenvalue weighted by molar-refractivity contribution is 0.191. The molecule has 7 heteroatoms. The number of piperidine rings is 1. The van der Waals surface area contributed by atoms with Crippen molar-refractivity contribution in [3.05, 3.63) is 11.6 Å². The van der Waals surface area contributed by atoms with Crippen molar-refractivity contribution in [2.75, 3.05) is 33.2 Å². The SMILES string of the molecule is CN=C(NCCCN1CCC(C)CC1)NCc1nnc2n1CCCCC2. The van der Waals surface area contributed by atoms with E-state index in [-0.39, 0.29) is 0 Å². The zero-order valence-electron chi connectivity index (χ0n) is 16.5. The van der Waals surface area contributed by atoms with Crippen molar-refractivity contribution in [1.82, 2.24) is 30.3 Å². The molecule has 0 amide bonds. The molecule has 2 aliphatic rings. The summed E-state index contributed by atoms with van der Waals surface area (Å²) in [7, 11) is 1.83. The molecule has 0 unspecified atom stereocenters. The van der Waals surface area contributed by atoms with Crippen LogP contribution in [-0.2, 0) is 19.5 Å². The summed E-state index contributed by atoms with van der Waals surface area (Å²) < 4.78 is 2.28. The van der Waals surface area contributed by atoms with Gasteiger partial charge in [-0.3, -0.25) is 4.99 Å². The Balaban J connectivity index is 1.37. The van der Waals surface area contributed by atoms with Crippen LogP contribution in [0.1, 0.15) is 57.1 Å². The number of hydrogen-bond donors (Lipinski definition) is 2. The molecule has 2 aliphatic heterocycles. The van der Waals surface area contributed by atoms with Crippen molar-refractivity contribution in [3.63, 3.8) is 0 Å². The summed E-state index contributed by atoms with van der Waals surface area (Å²) in [5.74, 6) is 3.91. The van der Waals surface area contributed by atoms with E-state index in [0.29, 0.717) is 6.54 Å². The van der Waals surface area contributed by atoms with Crippen molar-refractivity contribution in [2.45, 2.75) is 65.0 Å². The quantitative estimate of drug-likeness (QED) is 0.459. The Bertz CT molecular complexity index is 572. The zero-order valence-corrected chi connectivity index (χ0v) is 16.5. The molecule has 0 atom stereocenters. The van der Waals surface area contributed by atoms with E-state index in [0.717, 1.165) is 49.5 Å². The smallest absolute Gasteiger partial charge is 0.191 e.